The Balaban J connectivity index is 2.52. The Morgan fingerprint density at radius 1 is 1.57 bits per heavy atom. The highest BCUT2D eigenvalue weighted by Gasteiger charge is 2.29. The topological polar surface area (TPSA) is 67.2 Å². The molecule has 0 aromatic rings. The first kappa shape index (κ1) is 11.5. The third kappa shape index (κ3) is 2.69. The monoisotopic (exact) mass is 199 g/mol. The molecule has 4 N–H and O–H groups in total. The van der Waals surface area contributed by atoms with E-state index in [0.717, 1.165) is 13.0 Å². The number of hydrogen-bond donors (Lipinski definition) is 3. The molecule has 1 rings (SSSR count). The van der Waals surface area contributed by atoms with Crippen LogP contribution in [0.5, 0.6) is 0 Å². The van der Waals surface area contributed by atoms with Crippen LogP contribution in [0.4, 0.5) is 0 Å². The molecule has 0 aromatic heterocycles. The molecule has 1 heterocycles. The van der Waals surface area contributed by atoms with E-state index in [2.05, 4.69) is 24.5 Å². The first-order chi connectivity index (χ1) is 6.52. The number of nitrogens with one attached hydrogen (secondary N) is 2. The molecule has 0 saturated carbocycles. The van der Waals surface area contributed by atoms with Crippen LogP contribution in [0.3, 0.4) is 0 Å². The molecule has 1 saturated heterocycles. The molecule has 0 radical (unpaired) electrons. The summed E-state index contributed by atoms with van der Waals surface area (Å²) in [4.78, 5) is 11.4. The summed E-state index contributed by atoms with van der Waals surface area (Å²) in [5, 5.41) is 6.34. The average molecular weight is 199 g/mol. The van der Waals surface area contributed by atoms with E-state index in [1.807, 2.05) is 0 Å². The minimum Gasteiger partial charge on any atom is -0.350 e. The maximum absolute atomic E-state index is 11.4. The summed E-state index contributed by atoms with van der Waals surface area (Å²) in [5.41, 5.74) is 5.51. The van der Waals surface area contributed by atoms with Crippen LogP contribution in [0.25, 0.3) is 0 Å². The van der Waals surface area contributed by atoms with Crippen molar-refractivity contribution in [2.45, 2.75) is 45.3 Å². The van der Waals surface area contributed by atoms with Gasteiger partial charge in [-0.15, -0.1) is 0 Å². The molecule has 14 heavy (non-hydrogen) atoms. The van der Waals surface area contributed by atoms with Crippen LogP contribution < -0.4 is 16.4 Å². The molecule has 1 fully saturated rings. The molecule has 0 bridgehead atoms. The van der Waals surface area contributed by atoms with E-state index in [9.17, 15) is 4.79 Å². The van der Waals surface area contributed by atoms with Gasteiger partial charge in [0.05, 0.1) is 6.04 Å². The van der Waals surface area contributed by atoms with Crippen molar-refractivity contribution in [3.05, 3.63) is 0 Å². The number of amides is 1. The fourth-order valence-corrected chi connectivity index (χ4v) is 1.90. The fourth-order valence-electron chi connectivity index (χ4n) is 1.90. The number of piperidine rings is 1. The molecule has 1 aliphatic rings. The van der Waals surface area contributed by atoms with Gasteiger partial charge in [-0.3, -0.25) is 4.79 Å². The molecule has 0 aromatic carbocycles. The number of carbonyl (C=O) groups excluding carboxylic acids is 1. The van der Waals surface area contributed by atoms with Crippen LogP contribution in [0.15, 0.2) is 0 Å². The Bertz CT molecular complexity index is 196. The summed E-state index contributed by atoms with van der Waals surface area (Å²) in [6, 6.07) is 0.125. The molecular weight excluding hydrogens is 178 g/mol. The highest BCUT2D eigenvalue weighted by Crippen LogP contribution is 2.15. The van der Waals surface area contributed by atoms with Gasteiger partial charge in [-0.1, -0.05) is 6.92 Å². The van der Waals surface area contributed by atoms with Crippen molar-refractivity contribution in [1.29, 1.82) is 0 Å². The standard InChI is InChI=1S/C10H21N3O/c1-6-4-5-12-8(3)9(6)13-10(14)7(2)11/h6-9,12H,4-5,11H2,1-3H3,(H,13,14). The molecule has 1 aliphatic heterocycles. The maximum Gasteiger partial charge on any atom is 0.236 e. The second-order valence-electron chi connectivity index (χ2n) is 4.33. The largest absolute Gasteiger partial charge is 0.350 e. The van der Waals surface area contributed by atoms with E-state index in [4.69, 9.17) is 5.73 Å². The molecular formula is C10H21N3O. The predicted molar refractivity (Wildman–Crippen MR) is 56.8 cm³/mol. The van der Waals surface area contributed by atoms with Gasteiger partial charge in [0.1, 0.15) is 0 Å². The van der Waals surface area contributed by atoms with Crippen LogP contribution in [-0.4, -0.2) is 30.6 Å². The molecule has 1 amide bonds. The number of rotatable bonds is 2. The lowest BCUT2D eigenvalue weighted by molar-refractivity contribution is -0.123. The minimum absolute atomic E-state index is 0.0580. The van der Waals surface area contributed by atoms with Crippen molar-refractivity contribution in [2.24, 2.45) is 11.7 Å². The zero-order chi connectivity index (χ0) is 10.7. The number of carbonyl (C=O) groups is 1. The Labute approximate surface area is 85.6 Å². The molecule has 0 spiro atoms. The lowest BCUT2D eigenvalue weighted by Gasteiger charge is -2.36. The van der Waals surface area contributed by atoms with E-state index in [1.165, 1.54) is 0 Å². The van der Waals surface area contributed by atoms with Crippen molar-refractivity contribution < 1.29 is 4.79 Å². The van der Waals surface area contributed by atoms with Gasteiger partial charge in [0, 0.05) is 12.1 Å². The third-order valence-electron chi connectivity index (χ3n) is 2.94. The van der Waals surface area contributed by atoms with Crippen LogP contribution >= 0.6 is 0 Å². The minimum atomic E-state index is -0.420. The first-order valence-electron chi connectivity index (χ1n) is 5.31. The van der Waals surface area contributed by atoms with E-state index in [1.54, 1.807) is 6.92 Å². The summed E-state index contributed by atoms with van der Waals surface area (Å²) in [6.07, 6.45) is 1.11. The van der Waals surface area contributed by atoms with Gasteiger partial charge < -0.3 is 16.4 Å². The molecule has 4 atom stereocenters. The van der Waals surface area contributed by atoms with Crippen molar-refractivity contribution in [3.63, 3.8) is 0 Å². The van der Waals surface area contributed by atoms with E-state index < -0.39 is 6.04 Å². The molecule has 4 heteroatoms. The quantitative estimate of drug-likeness (QED) is 0.579. The van der Waals surface area contributed by atoms with Gasteiger partial charge in [0.25, 0.3) is 0 Å². The summed E-state index contributed by atoms with van der Waals surface area (Å²) in [5.74, 6) is 0.464. The van der Waals surface area contributed by atoms with Gasteiger partial charge in [0.2, 0.25) is 5.91 Å². The SMILES string of the molecule is CC(N)C(=O)NC1C(C)CCNC1C. The summed E-state index contributed by atoms with van der Waals surface area (Å²) in [6.45, 7) is 7.01. The van der Waals surface area contributed by atoms with E-state index >= 15 is 0 Å². The Morgan fingerprint density at radius 3 is 2.71 bits per heavy atom. The van der Waals surface area contributed by atoms with Crippen molar-refractivity contribution in [1.82, 2.24) is 10.6 Å². The van der Waals surface area contributed by atoms with Crippen molar-refractivity contribution in [3.8, 4) is 0 Å². The van der Waals surface area contributed by atoms with E-state index in [-0.39, 0.29) is 11.9 Å². The van der Waals surface area contributed by atoms with Crippen LogP contribution in [0.2, 0.25) is 0 Å². The summed E-state index contributed by atoms with van der Waals surface area (Å²) < 4.78 is 0. The fraction of sp³-hybridized carbons (Fsp3) is 0.900. The number of hydrogen-bond acceptors (Lipinski definition) is 3. The average Bonchev–Trinajstić information content (AvgIpc) is 2.11. The van der Waals surface area contributed by atoms with Gasteiger partial charge in [0.15, 0.2) is 0 Å². The van der Waals surface area contributed by atoms with Crippen LogP contribution in [-0.2, 0) is 4.79 Å². The first-order valence-corrected chi connectivity index (χ1v) is 5.31. The molecule has 0 aliphatic carbocycles. The predicted octanol–water partition coefficient (Wildman–Crippen LogP) is -0.164. The Kier molecular flexibility index (Phi) is 3.89. The summed E-state index contributed by atoms with van der Waals surface area (Å²) >= 11 is 0. The normalized spacial score (nSPS) is 35.0. The molecule has 4 unspecified atom stereocenters. The zero-order valence-electron chi connectivity index (χ0n) is 9.21. The van der Waals surface area contributed by atoms with Gasteiger partial charge in [-0.25, -0.2) is 0 Å². The second-order valence-corrected chi connectivity index (χ2v) is 4.33. The maximum atomic E-state index is 11.4. The van der Waals surface area contributed by atoms with Crippen molar-refractivity contribution >= 4 is 5.91 Å². The lowest BCUT2D eigenvalue weighted by Crippen LogP contribution is -2.58. The van der Waals surface area contributed by atoms with Gasteiger partial charge in [-0.2, -0.15) is 0 Å². The number of nitrogens with two attached hydrogens (primary N) is 1. The van der Waals surface area contributed by atoms with Crippen LogP contribution in [0, 0.1) is 5.92 Å². The Morgan fingerprint density at radius 2 is 2.21 bits per heavy atom. The lowest BCUT2D eigenvalue weighted by atomic mass is 9.89. The summed E-state index contributed by atoms with van der Waals surface area (Å²) in [7, 11) is 0. The highest BCUT2D eigenvalue weighted by molar-refractivity contribution is 5.81. The van der Waals surface area contributed by atoms with Gasteiger partial charge in [-0.05, 0) is 32.7 Å². The third-order valence-corrected chi connectivity index (χ3v) is 2.94. The van der Waals surface area contributed by atoms with Gasteiger partial charge >= 0.3 is 0 Å². The smallest absolute Gasteiger partial charge is 0.236 e. The highest BCUT2D eigenvalue weighted by atomic mass is 16.2. The van der Waals surface area contributed by atoms with E-state index in [0.29, 0.717) is 12.0 Å². The Hall–Kier alpha value is -0.610. The molecule has 82 valence electrons. The molecule has 4 nitrogen and oxygen atoms in total. The van der Waals surface area contributed by atoms with Crippen LogP contribution in [0.1, 0.15) is 27.2 Å². The van der Waals surface area contributed by atoms with Crippen molar-refractivity contribution in [2.75, 3.05) is 6.54 Å². The second kappa shape index (κ2) is 4.75. The zero-order valence-corrected chi connectivity index (χ0v) is 9.21.